The minimum atomic E-state index is -1.37. The van der Waals surface area contributed by atoms with Crippen LogP contribution in [0.5, 0.6) is 11.5 Å². The molecule has 24 heavy (non-hydrogen) atoms. The molecule has 0 radical (unpaired) electrons. The normalized spacial score (nSPS) is 26.4. The third-order valence-corrected chi connectivity index (χ3v) is 3.68. The van der Waals surface area contributed by atoms with Crippen molar-refractivity contribution in [2.45, 2.75) is 31.2 Å². The predicted molar refractivity (Wildman–Crippen MR) is 78.7 cm³/mol. The lowest BCUT2D eigenvalue weighted by molar-refractivity contribution is -0.386. The van der Waals surface area contributed by atoms with Crippen LogP contribution in [0.1, 0.15) is 5.56 Å². The zero-order valence-corrected chi connectivity index (χ0v) is 13.1. The number of hydrogen-bond donors (Lipinski definition) is 3. The molecule has 0 saturated carbocycles. The summed E-state index contributed by atoms with van der Waals surface area (Å²) in [4.78, 5) is 10.6. The molecule has 3 N–H and O–H groups in total. The van der Waals surface area contributed by atoms with E-state index < -0.39 is 36.1 Å². The van der Waals surface area contributed by atoms with Crippen LogP contribution in [-0.4, -0.2) is 65.7 Å². The molecule has 134 valence electrons. The third-order valence-electron chi connectivity index (χ3n) is 3.68. The van der Waals surface area contributed by atoms with Crippen molar-refractivity contribution in [3.63, 3.8) is 0 Å². The predicted octanol–water partition coefficient (Wildman–Crippen LogP) is -0.432. The molecule has 4 atom stereocenters. The highest BCUT2D eigenvalue weighted by molar-refractivity contribution is 5.54. The van der Waals surface area contributed by atoms with E-state index in [0.29, 0.717) is 0 Å². The summed E-state index contributed by atoms with van der Waals surface area (Å²) < 4.78 is 20.6. The first-order valence-electron chi connectivity index (χ1n) is 7.06. The molecule has 10 nitrogen and oxygen atoms in total. The van der Waals surface area contributed by atoms with E-state index in [1.165, 1.54) is 26.4 Å². The summed E-state index contributed by atoms with van der Waals surface area (Å²) in [5.41, 5.74) is -0.0743. The Bertz CT molecular complexity index is 594. The lowest BCUT2D eigenvalue weighted by Gasteiger charge is -2.16. The summed E-state index contributed by atoms with van der Waals surface area (Å²) >= 11 is 0. The van der Waals surface area contributed by atoms with Gasteiger partial charge in [-0.15, -0.1) is 0 Å². The molecule has 0 aromatic heterocycles. The Kier molecular flexibility index (Phi) is 5.91. The van der Waals surface area contributed by atoms with Gasteiger partial charge in [-0.1, -0.05) is 0 Å². The summed E-state index contributed by atoms with van der Waals surface area (Å²) in [6.07, 6.45) is -4.88. The Morgan fingerprint density at radius 3 is 2.33 bits per heavy atom. The Labute approximate surface area is 137 Å². The maximum absolute atomic E-state index is 11.2. The van der Waals surface area contributed by atoms with Gasteiger partial charge in [0.2, 0.25) is 0 Å². The fourth-order valence-electron chi connectivity index (χ4n) is 2.37. The first kappa shape index (κ1) is 18.4. The minimum absolute atomic E-state index is 0.176. The maximum atomic E-state index is 11.2. The van der Waals surface area contributed by atoms with Crippen LogP contribution in [0.3, 0.4) is 0 Å². The molecule has 0 aliphatic carbocycles. The van der Waals surface area contributed by atoms with Crippen LogP contribution in [0.4, 0.5) is 5.69 Å². The van der Waals surface area contributed by atoms with Gasteiger partial charge in [-0.2, -0.15) is 0 Å². The number of aliphatic hydroxyl groups is 3. The second kappa shape index (κ2) is 7.73. The van der Waals surface area contributed by atoms with Crippen molar-refractivity contribution < 1.29 is 39.2 Å². The van der Waals surface area contributed by atoms with Crippen LogP contribution in [-0.2, 0) is 16.1 Å². The number of ether oxygens (including phenoxy) is 4. The summed E-state index contributed by atoms with van der Waals surface area (Å²) in [5.74, 6) is 0.476. The molecule has 2 rings (SSSR count). The monoisotopic (exact) mass is 345 g/mol. The van der Waals surface area contributed by atoms with E-state index in [4.69, 9.17) is 24.1 Å². The second-order valence-electron chi connectivity index (χ2n) is 5.11. The van der Waals surface area contributed by atoms with E-state index in [1.807, 2.05) is 0 Å². The Morgan fingerprint density at radius 1 is 1.21 bits per heavy atom. The zero-order chi connectivity index (χ0) is 17.9. The molecule has 0 spiro atoms. The van der Waals surface area contributed by atoms with Crippen molar-refractivity contribution in [2.75, 3.05) is 20.8 Å². The van der Waals surface area contributed by atoms with Crippen LogP contribution in [0.25, 0.3) is 0 Å². The Hall–Kier alpha value is -1.98. The topological polar surface area (TPSA) is 141 Å². The third kappa shape index (κ3) is 3.57. The number of methoxy groups -OCH3 is 2. The fourth-order valence-corrected chi connectivity index (χ4v) is 2.37. The molecule has 0 unspecified atom stereocenters. The van der Waals surface area contributed by atoms with Crippen LogP contribution in [0, 0.1) is 10.1 Å². The van der Waals surface area contributed by atoms with E-state index in [2.05, 4.69) is 0 Å². The molecular formula is C14H19NO9. The number of aliphatic hydroxyl groups excluding tert-OH is 3. The standard InChI is InChI=1S/C14H19NO9/c1-21-9-3-7(8(15(19)20)4-10(9)22-2)6-23-14-13(18)12(17)11(5-16)24-14/h3-4,11-14,16-18H,5-6H2,1-2H3/t11-,12-,13-,14-/m1/s1. The van der Waals surface area contributed by atoms with Crippen LogP contribution in [0.15, 0.2) is 12.1 Å². The van der Waals surface area contributed by atoms with E-state index in [-0.39, 0.29) is 29.4 Å². The number of rotatable bonds is 7. The van der Waals surface area contributed by atoms with Gasteiger partial charge in [-0.3, -0.25) is 10.1 Å². The average molecular weight is 345 g/mol. The van der Waals surface area contributed by atoms with Gasteiger partial charge in [0.05, 0.1) is 44.0 Å². The van der Waals surface area contributed by atoms with Gasteiger partial charge in [-0.25, -0.2) is 0 Å². The molecule has 0 bridgehead atoms. The zero-order valence-electron chi connectivity index (χ0n) is 13.1. The molecule has 1 aliphatic rings. The summed E-state index contributed by atoms with van der Waals surface area (Å²) in [6, 6.07) is 2.59. The van der Waals surface area contributed by atoms with Crippen LogP contribution < -0.4 is 9.47 Å². The van der Waals surface area contributed by atoms with Crippen molar-refractivity contribution in [3.8, 4) is 11.5 Å². The van der Waals surface area contributed by atoms with Crippen molar-refractivity contribution in [1.29, 1.82) is 0 Å². The highest BCUT2D eigenvalue weighted by atomic mass is 16.7. The number of nitrogens with zero attached hydrogens (tertiary/aromatic N) is 1. The summed E-state index contributed by atoms with van der Waals surface area (Å²) in [6.45, 7) is -0.766. The van der Waals surface area contributed by atoms with Gasteiger partial charge in [0.1, 0.15) is 18.3 Å². The highest BCUT2D eigenvalue weighted by Crippen LogP contribution is 2.35. The molecule has 1 aliphatic heterocycles. The number of nitro groups is 1. The van der Waals surface area contributed by atoms with Crippen molar-refractivity contribution in [2.24, 2.45) is 0 Å². The minimum Gasteiger partial charge on any atom is -0.493 e. The summed E-state index contributed by atoms with van der Waals surface area (Å²) in [7, 11) is 2.75. The first-order chi connectivity index (χ1) is 11.4. The van der Waals surface area contributed by atoms with Crippen molar-refractivity contribution in [3.05, 3.63) is 27.8 Å². The molecule has 1 saturated heterocycles. The van der Waals surface area contributed by atoms with Gasteiger partial charge in [-0.05, 0) is 6.07 Å². The molecule has 10 heteroatoms. The molecule has 1 aromatic rings. The van der Waals surface area contributed by atoms with Crippen LogP contribution >= 0.6 is 0 Å². The molecule has 1 heterocycles. The van der Waals surface area contributed by atoms with Gasteiger partial charge in [0.25, 0.3) is 5.69 Å². The van der Waals surface area contributed by atoms with E-state index >= 15 is 0 Å². The fraction of sp³-hybridized carbons (Fsp3) is 0.571. The number of benzene rings is 1. The molecular weight excluding hydrogens is 326 g/mol. The summed E-state index contributed by atoms with van der Waals surface area (Å²) in [5, 5.41) is 39.7. The maximum Gasteiger partial charge on any atom is 0.278 e. The quantitative estimate of drug-likeness (QED) is 0.443. The first-order valence-corrected chi connectivity index (χ1v) is 7.06. The van der Waals surface area contributed by atoms with Gasteiger partial charge < -0.3 is 34.3 Å². The molecule has 0 amide bonds. The average Bonchev–Trinajstić information content (AvgIpc) is 2.86. The lowest BCUT2D eigenvalue weighted by atomic mass is 10.1. The van der Waals surface area contributed by atoms with E-state index in [0.717, 1.165) is 0 Å². The van der Waals surface area contributed by atoms with Crippen molar-refractivity contribution >= 4 is 5.69 Å². The number of hydrogen-bond acceptors (Lipinski definition) is 9. The SMILES string of the molecule is COc1cc(CO[C@@H]2O[C@H](CO)[C@@H](O)[C@H]2O)c([N+](=O)[O-])cc1OC. The van der Waals surface area contributed by atoms with E-state index in [1.54, 1.807) is 0 Å². The molecule has 1 aromatic carbocycles. The van der Waals surface area contributed by atoms with Crippen LogP contribution in [0.2, 0.25) is 0 Å². The largest absolute Gasteiger partial charge is 0.493 e. The van der Waals surface area contributed by atoms with Gasteiger partial charge in [0.15, 0.2) is 17.8 Å². The Morgan fingerprint density at radius 2 is 1.83 bits per heavy atom. The van der Waals surface area contributed by atoms with Gasteiger partial charge >= 0.3 is 0 Å². The van der Waals surface area contributed by atoms with Crippen molar-refractivity contribution in [1.82, 2.24) is 0 Å². The highest BCUT2D eigenvalue weighted by Gasteiger charge is 2.43. The second-order valence-corrected chi connectivity index (χ2v) is 5.11. The Balaban J connectivity index is 2.18. The molecule has 1 fully saturated rings. The van der Waals surface area contributed by atoms with E-state index in [9.17, 15) is 20.3 Å². The number of nitro benzene ring substituents is 1. The lowest BCUT2D eigenvalue weighted by Crippen LogP contribution is -2.34. The van der Waals surface area contributed by atoms with Gasteiger partial charge in [0, 0.05) is 0 Å². The smallest absolute Gasteiger partial charge is 0.278 e.